The van der Waals surface area contributed by atoms with Gasteiger partial charge in [0, 0.05) is 43.5 Å². The highest BCUT2D eigenvalue weighted by molar-refractivity contribution is 6.33. The molecule has 1 N–H and O–H groups in total. The van der Waals surface area contributed by atoms with E-state index in [-0.39, 0.29) is 12.1 Å². The Hall–Kier alpha value is -3.85. The number of nitrogens with zero attached hydrogens (tertiary/aromatic N) is 6. The third-order valence-corrected chi connectivity index (χ3v) is 7.18. The number of halogens is 1. The Morgan fingerprint density at radius 3 is 2.69 bits per heavy atom. The van der Waals surface area contributed by atoms with Crippen molar-refractivity contribution in [1.29, 1.82) is 0 Å². The second-order valence-corrected chi connectivity index (χ2v) is 9.77. The first kappa shape index (κ1) is 22.6. The molecule has 36 heavy (non-hydrogen) atoms. The van der Waals surface area contributed by atoms with Crippen LogP contribution in [0.25, 0.3) is 22.2 Å². The minimum atomic E-state index is -0.393. The van der Waals surface area contributed by atoms with E-state index in [1.54, 1.807) is 21.6 Å². The summed E-state index contributed by atoms with van der Waals surface area (Å²) in [6.45, 7) is 0.713. The number of rotatable bonds is 5. The molecule has 0 bridgehead atoms. The van der Waals surface area contributed by atoms with Crippen LogP contribution in [0.3, 0.4) is 0 Å². The molecule has 9 nitrogen and oxygen atoms in total. The summed E-state index contributed by atoms with van der Waals surface area (Å²) < 4.78 is 9.09. The van der Waals surface area contributed by atoms with Crippen molar-refractivity contribution in [3.8, 4) is 11.3 Å². The standard InChI is InChI=1S/C26H26ClN7O2/c1-32-15-28-13-24(32)16-6-7-21(20(27)8-16)31-25-10-23-17(11-29-25)9-22(18-12-30-33(2)14-18)34(23)26(35)36-19-4-3-5-19/h6-12,14-15,19,24H,3-5,13H2,1-2H3,(H,29,31). The number of hydrogen-bond donors (Lipinski definition) is 1. The fourth-order valence-corrected chi connectivity index (χ4v) is 4.86. The Morgan fingerprint density at radius 1 is 1.17 bits per heavy atom. The lowest BCUT2D eigenvalue weighted by atomic mass is 9.96. The van der Waals surface area contributed by atoms with Gasteiger partial charge in [-0.1, -0.05) is 17.7 Å². The smallest absolute Gasteiger partial charge is 0.419 e. The molecule has 10 heteroatoms. The molecule has 2 aliphatic rings. The highest BCUT2D eigenvalue weighted by Crippen LogP contribution is 2.34. The van der Waals surface area contributed by atoms with E-state index in [0.29, 0.717) is 28.6 Å². The van der Waals surface area contributed by atoms with Crippen LogP contribution in [0.1, 0.15) is 30.9 Å². The molecule has 1 saturated carbocycles. The molecular weight excluding hydrogens is 478 g/mol. The van der Waals surface area contributed by atoms with Crippen molar-refractivity contribution < 1.29 is 9.53 Å². The van der Waals surface area contributed by atoms with Gasteiger partial charge in [0.25, 0.3) is 0 Å². The van der Waals surface area contributed by atoms with Gasteiger partial charge in [0.2, 0.25) is 0 Å². The Kier molecular flexibility index (Phi) is 5.64. The summed E-state index contributed by atoms with van der Waals surface area (Å²) in [5, 5.41) is 9.00. The van der Waals surface area contributed by atoms with Gasteiger partial charge in [0.15, 0.2) is 0 Å². The molecule has 1 atom stereocenters. The van der Waals surface area contributed by atoms with Gasteiger partial charge in [-0.05, 0) is 43.0 Å². The highest BCUT2D eigenvalue weighted by Gasteiger charge is 2.26. The van der Waals surface area contributed by atoms with Gasteiger partial charge in [-0.15, -0.1) is 0 Å². The zero-order valence-electron chi connectivity index (χ0n) is 20.1. The average molecular weight is 504 g/mol. The summed E-state index contributed by atoms with van der Waals surface area (Å²) in [7, 11) is 3.85. The number of pyridine rings is 1. The summed E-state index contributed by atoms with van der Waals surface area (Å²) in [6.07, 6.45) is 9.67. The third kappa shape index (κ3) is 4.09. The minimum absolute atomic E-state index is 0.0298. The largest absolute Gasteiger partial charge is 0.446 e. The topological polar surface area (TPSA) is 89.6 Å². The van der Waals surface area contributed by atoms with Gasteiger partial charge in [-0.2, -0.15) is 5.10 Å². The molecule has 0 amide bonds. The number of nitrogens with one attached hydrogen (secondary N) is 1. The summed E-state index contributed by atoms with van der Waals surface area (Å²) >= 11 is 6.63. The number of fused-ring (bicyclic) bond motifs is 1. The number of carbonyl (C=O) groups excluding carboxylic acids is 1. The maximum absolute atomic E-state index is 13.3. The van der Waals surface area contributed by atoms with Crippen LogP contribution in [0.4, 0.5) is 16.3 Å². The molecule has 1 fully saturated rings. The number of anilines is 2. The second kappa shape index (κ2) is 8.98. The van der Waals surface area contributed by atoms with Crippen molar-refractivity contribution in [1.82, 2.24) is 24.2 Å². The predicted molar refractivity (Wildman–Crippen MR) is 140 cm³/mol. The third-order valence-electron chi connectivity index (χ3n) is 6.86. The van der Waals surface area contributed by atoms with E-state index in [9.17, 15) is 4.79 Å². The SMILES string of the molecule is CN1C=NCC1c1ccc(Nc2cc3c(cn2)cc(-c2cnn(C)c2)n3C(=O)OC2CCC2)c(Cl)c1. The molecule has 4 heterocycles. The van der Waals surface area contributed by atoms with Crippen LogP contribution in [0.2, 0.25) is 5.02 Å². The van der Waals surface area contributed by atoms with Crippen LogP contribution in [-0.4, -0.2) is 56.4 Å². The van der Waals surface area contributed by atoms with Gasteiger partial charge < -0.3 is 15.0 Å². The molecule has 6 rings (SSSR count). The number of benzene rings is 1. The van der Waals surface area contributed by atoms with Crippen molar-refractivity contribution in [2.75, 3.05) is 18.9 Å². The fourth-order valence-electron chi connectivity index (χ4n) is 4.62. The molecule has 0 spiro atoms. The molecule has 3 aromatic heterocycles. The summed E-state index contributed by atoms with van der Waals surface area (Å²) in [5.41, 5.74) is 4.08. The van der Waals surface area contributed by atoms with Crippen molar-refractivity contribution in [3.63, 3.8) is 0 Å². The zero-order valence-corrected chi connectivity index (χ0v) is 20.8. The molecule has 1 aromatic carbocycles. The number of aliphatic imine (C=N–C) groups is 1. The van der Waals surface area contributed by atoms with Crippen LogP contribution in [-0.2, 0) is 11.8 Å². The Balaban J connectivity index is 1.34. The lowest BCUT2D eigenvalue weighted by molar-refractivity contribution is 0.0543. The van der Waals surface area contributed by atoms with Crippen LogP contribution < -0.4 is 5.32 Å². The number of likely N-dealkylation sites (N-methyl/N-ethyl adjacent to an activating group) is 1. The molecule has 0 radical (unpaired) electrons. The first-order chi connectivity index (χ1) is 17.5. The van der Waals surface area contributed by atoms with E-state index in [1.165, 1.54) is 0 Å². The first-order valence-corrected chi connectivity index (χ1v) is 12.3. The molecule has 1 aliphatic carbocycles. The van der Waals surface area contributed by atoms with Crippen LogP contribution in [0, 0.1) is 0 Å². The maximum atomic E-state index is 13.3. The monoisotopic (exact) mass is 503 g/mol. The Morgan fingerprint density at radius 2 is 2.03 bits per heavy atom. The van der Waals surface area contributed by atoms with Gasteiger partial charge in [-0.25, -0.2) is 14.3 Å². The van der Waals surface area contributed by atoms with E-state index in [1.807, 2.05) is 57.0 Å². The van der Waals surface area contributed by atoms with Crippen molar-refractivity contribution in [2.45, 2.75) is 31.4 Å². The molecule has 0 saturated heterocycles. The number of hydrogen-bond acceptors (Lipinski definition) is 7. The maximum Gasteiger partial charge on any atom is 0.419 e. The van der Waals surface area contributed by atoms with Crippen molar-refractivity contribution in [3.05, 3.63) is 59.5 Å². The van der Waals surface area contributed by atoms with E-state index >= 15 is 0 Å². The van der Waals surface area contributed by atoms with E-state index < -0.39 is 6.09 Å². The van der Waals surface area contributed by atoms with Crippen LogP contribution >= 0.6 is 11.6 Å². The predicted octanol–water partition coefficient (Wildman–Crippen LogP) is 5.39. The summed E-state index contributed by atoms with van der Waals surface area (Å²) in [5.74, 6) is 0.576. The first-order valence-electron chi connectivity index (χ1n) is 12.0. The second-order valence-electron chi connectivity index (χ2n) is 9.36. The van der Waals surface area contributed by atoms with Gasteiger partial charge in [0.1, 0.15) is 11.9 Å². The minimum Gasteiger partial charge on any atom is -0.446 e. The van der Waals surface area contributed by atoms with Crippen molar-refractivity contribution >= 4 is 46.4 Å². The number of carbonyl (C=O) groups is 1. The highest BCUT2D eigenvalue weighted by atomic mass is 35.5. The molecule has 1 unspecified atom stereocenters. The average Bonchev–Trinajstić information content (AvgIpc) is 3.55. The molecular formula is C26H26ClN7O2. The summed E-state index contributed by atoms with van der Waals surface area (Å²) in [6, 6.07) is 9.91. The number of aryl methyl sites for hydroxylation is 1. The molecule has 1 aliphatic heterocycles. The van der Waals surface area contributed by atoms with E-state index in [4.69, 9.17) is 16.3 Å². The zero-order chi connectivity index (χ0) is 24.8. The normalized spacial score (nSPS) is 17.5. The quantitative estimate of drug-likeness (QED) is 0.393. The van der Waals surface area contributed by atoms with Crippen LogP contribution in [0.15, 0.2) is 53.9 Å². The number of ether oxygens (including phenoxy) is 1. The molecule has 184 valence electrons. The van der Waals surface area contributed by atoms with E-state index in [2.05, 4.69) is 25.3 Å². The van der Waals surface area contributed by atoms with Crippen LogP contribution in [0.5, 0.6) is 0 Å². The Bertz CT molecular complexity index is 1490. The van der Waals surface area contributed by atoms with Gasteiger partial charge in [0.05, 0.1) is 47.0 Å². The summed E-state index contributed by atoms with van der Waals surface area (Å²) in [4.78, 5) is 24.3. The van der Waals surface area contributed by atoms with E-state index in [0.717, 1.165) is 41.5 Å². The number of aromatic nitrogens is 4. The lowest BCUT2D eigenvalue weighted by Gasteiger charge is -2.25. The molecule has 4 aromatic rings. The van der Waals surface area contributed by atoms with Gasteiger partial charge in [-0.3, -0.25) is 9.67 Å². The lowest BCUT2D eigenvalue weighted by Crippen LogP contribution is -2.27. The Labute approximate surface area is 213 Å². The fraction of sp³-hybridized carbons (Fsp3) is 0.308. The van der Waals surface area contributed by atoms with Crippen molar-refractivity contribution in [2.24, 2.45) is 12.0 Å². The van der Waals surface area contributed by atoms with Gasteiger partial charge >= 0.3 is 6.09 Å².